The van der Waals surface area contributed by atoms with Gasteiger partial charge in [-0.3, -0.25) is 9.59 Å². The molecule has 0 aromatic heterocycles. The van der Waals surface area contributed by atoms with Gasteiger partial charge in [0.15, 0.2) is 6.61 Å². The number of fused-ring (bicyclic) bond motifs is 1. The van der Waals surface area contributed by atoms with E-state index in [1.807, 2.05) is 36.4 Å². The fourth-order valence-corrected chi connectivity index (χ4v) is 3.57. The normalized spacial score (nSPS) is 17.1. The predicted molar refractivity (Wildman–Crippen MR) is 95.8 cm³/mol. The van der Waals surface area contributed by atoms with Crippen molar-refractivity contribution < 1.29 is 14.3 Å². The third kappa shape index (κ3) is 2.91. The molecule has 1 heterocycles. The van der Waals surface area contributed by atoms with Gasteiger partial charge in [-0.25, -0.2) is 0 Å². The van der Waals surface area contributed by atoms with Gasteiger partial charge in [0.1, 0.15) is 0 Å². The van der Waals surface area contributed by atoms with Crippen LogP contribution in [0.4, 0.5) is 5.69 Å². The highest BCUT2D eigenvalue weighted by molar-refractivity contribution is 6.30. The molecule has 0 spiro atoms. The van der Waals surface area contributed by atoms with Gasteiger partial charge in [0, 0.05) is 17.3 Å². The van der Waals surface area contributed by atoms with E-state index in [1.54, 1.807) is 17.0 Å². The zero-order valence-corrected chi connectivity index (χ0v) is 14.5. The van der Waals surface area contributed by atoms with E-state index in [0.29, 0.717) is 11.6 Å². The zero-order valence-electron chi connectivity index (χ0n) is 13.7. The smallest absolute Gasteiger partial charge is 0.317 e. The van der Waals surface area contributed by atoms with Crippen LogP contribution in [0, 0.1) is 0 Å². The first-order valence-electron chi connectivity index (χ1n) is 8.42. The lowest BCUT2D eigenvalue weighted by atomic mass is 9.96. The van der Waals surface area contributed by atoms with Crippen molar-refractivity contribution in [1.29, 1.82) is 0 Å². The molecule has 0 saturated heterocycles. The van der Waals surface area contributed by atoms with Crippen LogP contribution in [0.1, 0.15) is 24.0 Å². The Hall–Kier alpha value is -2.33. The van der Waals surface area contributed by atoms with Crippen molar-refractivity contribution in [1.82, 2.24) is 0 Å². The summed E-state index contributed by atoms with van der Waals surface area (Å²) in [5.74, 6) is -0.499. The number of anilines is 1. The minimum absolute atomic E-state index is 0.176. The van der Waals surface area contributed by atoms with E-state index >= 15 is 0 Å². The van der Waals surface area contributed by atoms with Gasteiger partial charge in [0.05, 0.1) is 5.41 Å². The summed E-state index contributed by atoms with van der Waals surface area (Å²) in [5, 5.41) is 0.635. The summed E-state index contributed by atoms with van der Waals surface area (Å²) < 4.78 is 5.38. The van der Waals surface area contributed by atoms with Gasteiger partial charge in [-0.1, -0.05) is 41.9 Å². The van der Waals surface area contributed by atoms with Crippen LogP contribution < -0.4 is 4.90 Å². The number of rotatable bonds is 4. The van der Waals surface area contributed by atoms with Crippen molar-refractivity contribution in [2.75, 3.05) is 18.1 Å². The van der Waals surface area contributed by atoms with Crippen LogP contribution in [0.3, 0.4) is 0 Å². The number of esters is 1. The zero-order chi connectivity index (χ0) is 17.4. The van der Waals surface area contributed by atoms with Gasteiger partial charge in [0.25, 0.3) is 5.91 Å². The Morgan fingerprint density at radius 3 is 2.52 bits per heavy atom. The molecule has 1 aliphatic carbocycles. The molecule has 2 aromatic carbocycles. The van der Waals surface area contributed by atoms with E-state index in [4.69, 9.17) is 16.3 Å². The summed E-state index contributed by atoms with van der Waals surface area (Å²) in [6.07, 6.45) is 2.33. The number of carbonyl (C=O) groups excluding carboxylic acids is 2. The second kappa shape index (κ2) is 6.19. The van der Waals surface area contributed by atoms with Crippen LogP contribution in [-0.4, -0.2) is 25.0 Å². The monoisotopic (exact) mass is 355 g/mol. The molecule has 128 valence electrons. The SMILES string of the molecule is O=C(COC(=O)C1(c2ccc(Cl)cc2)CC1)N1CCc2ccccc21. The first-order chi connectivity index (χ1) is 12.1. The maximum Gasteiger partial charge on any atom is 0.317 e. The molecule has 0 bridgehead atoms. The second-order valence-corrected chi connectivity index (χ2v) is 7.03. The number of hydrogen-bond donors (Lipinski definition) is 0. The lowest BCUT2D eigenvalue weighted by Gasteiger charge is -2.19. The fourth-order valence-electron chi connectivity index (χ4n) is 3.45. The molecule has 0 N–H and O–H groups in total. The summed E-state index contributed by atoms with van der Waals surface area (Å²) in [5.41, 5.74) is 2.37. The molecule has 1 amide bonds. The highest BCUT2D eigenvalue weighted by Crippen LogP contribution is 2.49. The third-order valence-corrected chi connectivity index (χ3v) is 5.30. The molecule has 0 radical (unpaired) electrons. The quantitative estimate of drug-likeness (QED) is 0.788. The molecule has 2 aromatic rings. The maximum absolute atomic E-state index is 12.6. The van der Waals surface area contributed by atoms with Gasteiger partial charge in [-0.05, 0) is 48.6 Å². The molecule has 4 nitrogen and oxygen atoms in total. The summed E-state index contributed by atoms with van der Waals surface area (Å²) in [6.45, 7) is 0.417. The van der Waals surface area contributed by atoms with Crippen LogP contribution in [-0.2, 0) is 26.2 Å². The van der Waals surface area contributed by atoms with Crippen molar-refractivity contribution in [2.45, 2.75) is 24.7 Å². The third-order valence-electron chi connectivity index (χ3n) is 5.05. The lowest BCUT2D eigenvalue weighted by molar-refractivity contribution is -0.150. The van der Waals surface area contributed by atoms with Crippen molar-refractivity contribution >= 4 is 29.2 Å². The molecule has 0 unspecified atom stereocenters. The minimum atomic E-state index is -0.603. The van der Waals surface area contributed by atoms with Crippen molar-refractivity contribution in [3.63, 3.8) is 0 Å². The van der Waals surface area contributed by atoms with E-state index in [0.717, 1.165) is 36.1 Å². The maximum atomic E-state index is 12.6. The Morgan fingerprint density at radius 1 is 1.08 bits per heavy atom. The second-order valence-electron chi connectivity index (χ2n) is 6.59. The van der Waals surface area contributed by atoms with Crippen molar-refractivity contribution in [3.05, 3.63) is 64.7 Å². The summed E-state index contributed by atoms with van der Waals surface area (Å²) in [7, 11) is 0. The Bertz CT molecular complexity index is 827. The molecular formula is C20H18ClNO3. The minimum Gasteiger partial charge on any atom is -0.455 e. The van der Waals surface area contributed by atoms with E-state index in [9.17, 15) is 9.59 Å². The van der Waals surface area contributed by atoms with Gasteiger partial charge in [-0.15, -0.1) is 0 Å². The summed E-state index contributed by atoms with van der Waals surface area (Å²) >= 11 is 5.91. The highest BCUT2D eigenvalue weighted by Gasteiger charge is 2.53. The number of para-hydroxylation sites is 1. The van der Waals surface area contributed by atoms with E-state index in [1.165, 1.54) is 0 Å². The average molecular weight is 356 g/mol. The molecular weight excluding hydrogens is 338 g/mol. The number of carbonyl (C=O) groups is 2. The highest BCUT2D eigenvalue weighted by atomic mass is 35.5. The molecule has 4 rings (SSSR count). The topological polar surface area (TPSA) is 46.6 Å². The Kier molecular flexibility index (Phi) is 4.00. The Morgan fingerprint density at radius 2 is 1.80 bits per heavy atom. The van der Waals surface area contributed by atoms with Gasteiger partial charge < -0.3 is 9.64 Å². The lowest BCUT2D eigenvalue weighted by Crippen LogP contribution is -2.35. The van der Waals surface area contributed by atoms with E-state index in [-0.39, 0.29) is 18.5 Å². The Balaban J connectivity index is 1.41. The van der Waals surface area contributed by atoms with Gasteiger partial charge in [-0.2, -0.15) is 0 Å². The average Bonchev–Trinajstić information content (AvgIpc) is 3.33. The van der Waals surface area contributed by atoms with Crippen LogP contribution in [0.15, 0.2) is 48.5 Å². The fraction of sp³-hybridized carbons (Fsp3) is 0.300. The standard InChI is InChI=1S/C20H18ClNO3/c21-16-7-5-15(6-8-16)20(10-11-20)19(24)25-13-18(23)22-12-9-14-3-1-2-4-17(14)22/h1-8H,9-13H2. The number of ether oxygens (including phenoxy) is 1. The number of amides is 1. The molecule has 2 aliphatic rings. The van der Waals surface area contributed by atoms with E-state index in [2.05, 4.69) is 0 Å². The van der Waals surface area contributed by atoms with Crippen LogP contribution >= 0.6 is 11.6 Å². The molecule has 1 fully saturated rings. The Labute approximate surface area is 151 Å². The first-order valence-corrected chi connectivity index (χ1v) is 8.79. The van der Waals surface area contributed by atoms with Crippen LogP contribution in [0.5, 0.6) is 0 Å². The number of nitrogens with zero attached hydrogens (tertiary/aromatic N) is 1. The van der Waals surface area contributed by atoms with Crippen molar-refractivity contribution in [2.24, 2.45) is 0 Å². The number of halogens is 1. The van der Waals surface area contributed by atoms with Crippen molar-refractivity contribution in [3.8, 4) is 0 Å². The summed E-state index contributed by atoms with van der Waals surface area (Å²) in [4.78, 5) is 26.7. The molecule has 25 heavy (non-hydrogen) atoms. The van der Waals surface area contributed by atoms with E-state index < -0.39 is 5.41 Å². The number of benzene rings is 2. The molecule has 5 heteroatoms. The van der Waals surface area contributed by atoms with Gasteiger partial charge >= 0.3 is 5.97 Å². The van der Waals surface area contributed by atoms with Crippen LogP contribution in [0.25, 0.3) is 0 Å². The molecule has 1 aliphatic heterocycles. The summed E-state index contributed by atoms with van der Waals surface area (Å²) in [6, 6.07) is 15.1. The van der Waals surface area contributed by atoms with Crippen LogP contribution in [0.2, 0.25) is 5.02 Å². The largest absolute Gasteiger partial charge is 0.455 e. The first kappa shape index (κ1) is 16.2. The molecule has 0 atom stereocenters. The predicted octanol–water partition coefficient (Wildman–Crippen LogP) is 3.50. The van der Waals surface area contributed by atoms with Gasteiger partial charge in [0.2, 0.25) is 0 Å². The number of hydrogen-bond acceptors (Lipinski definition) is 3. The molecule has 1 saturated carbocycles.